The van der Waals surface area contributed by atoms with E-state index in [0.717, 1.165) is 30.9 Å². The quantitative estimate of drug-likeness (QED) is 0.821. The fraction of sp³-hybridized carbons (Fsp3) is 0.667. The van der Waals surface area contributed by atoms with Crippen LogP contribution in [0, 0.1) is 0 Å². The van der Waals surface area contributed by atoms with E-state index >= 15 is 0 Å². The van der Waals surface area contributed by atoms with E-state index in [4.69, 9.17) is 0 Å². The Hall–Kier alpha value is -1.36. The molecule has 94 valence electrons. The van der Waals surface area contributed by atoms with E-state index in [1.54, 1.807) is 0 Å². The molecule has 1 saturated heterocycles. The van der Waals surface area contributed by atoms with Gasteiger partial charge in [0.1, 0.15) is 0 Å². The van der Waals surface area contributed by atoms with Crippen molar-refractivity contribution in [2.24, 2.45) is 7.05 Å². The van der Waals surface area contributed by atoms with Gasteiger partial charge in [0.05, 0.1) is 24.0 Å². The van der Waals surface area contributed by atoms with E-state index in [1.165, 1.54) is 0 Å². The molecule has 0 aliphatic carbocycles. The zero-order chi connectivity index (χ0) is 12.4. The van der Waals surface area contributed by atoms with E-state index in [0.29, 0.717) is 6.54 Å². The van der Waals surface area contributed by atoms with E-state index < -0.39 is 0 Å². The second-order valence-corrected chi connectivity index (χ2v) is 4.54. The second kappa shape index (κ2) is 4.87. The van der Waals surface area contributed by atoms with Crippen molar-refractivity contribution in [3.63, 3.8) is 0 Å². The molecule has 0 aromatic carbocycles. The third kappa shape index (κ3) is 2.49. The number of aryl methyl sites for hydroxylation is 2. The Labute approximate surface area is 102 Å². The molecule has 0 bridgehead atoms. The Bertz CT molecular complexity index is 413. The molecule has 1 atom stereocenters. The Kier molecular flexibility index (Phi) is 3.47. The van der Waals surface area contributed by atoms with Crippen LogP contribution < -0.4 is 5.32 Å². The number of carbonyl (C=O) groups is 1. The predicted octanol–water partition coefficient (Wildman–Crippen LogP) is 0.303. The first-order chi connectivity index (χ1) is 8.11. The van der Waals surface area contributed by atoms with Gasteiger partial charge in [-0.1, -0.05) is 6.92 Å². The maximum absolute atomic E-state index is 12.0. The van der Waals surface area contributed by atoms with Gasteiger partial charge in [0, 0.05) is 20.1 Å². The van der Waals surface area contributed by atoms with Crippen molar-refractivity contribution in [1.29, 1.82) is 0 Å². The topological polar surface area (TPSA) is 50.2 Å². The average molecular weight is 236 g/mol. The van der Waals surface area contributed by atoms with Crippen LogP contribution >= 0.6 is 0 Å². The zero-order valence-electron chi connectivity index (χ0n) is 10.7. The lowest BCUT2D eigenvalue weighted by Crippen LogP contribution is -2.53. The molecule has 5 nitrogen and oxygen atoms in total. The molecule has 1 aliphatic rings. The minimum atomic E-state index is -0.0670. The summed E-state index contributed by atoms with van der Waals surface area (Å²) in [5.74, 6) is 0.176. The molecule has 1 aromatic rings. The Balaban J connectivity index is 2.09. The number of aromatic nitrogens is 2. The largest absolute Gasteiger partial charge is 0.334 e. The minimum absolute atomic E-state index is 0.0670. The van der Waals surface area contributed by atoms with Crippen molar-refractivity contribution >= 4 is 5.91 Å². The van der Waals surface area contributed by atoms with Crippen LogP contribution in [0.15, 0.2) is 6.07 Å². The standard InChI is InChI=1S/C12H20N4O/c1-4-10-7-11(15(3)14-10)8-16-6-5-13-9(2)12(16)17/h7,9,13H,4-6,8H2,1-3H3. The van der Waals surface area contributed by atoms with Crippen molar-refractivity contribution in [1.82, 2.24) is 20.0 Å². The molecular weight excluding hydrogens is 216 g/mol. The molecule has 2 heterocycles. The number of hydrogen-bond donors (Lipinski definition) is 1. The number of carbonyl (C=O) groups excluding carboxylic acids is 1. The van der Waals surface area contributed by atoms with Crippen molar-refractivity contribution in [3.8, 4) is 0 Å². The molecule has 1 unspecified atom stereocenters. The van der Waals surface area contributed by atoms with Crippen molar-refractivity contribution in [3.05, 3.63) is 17.5 Å². The van der Waals surface area contributed by atoms with Crippen molar-refractivity contribution < 1.29 is 4.79 Å². The normalized spacial score (nSPS) is 21.0. The number of piperazine rings is 1. The van der Waals surface area contributed by atoms with Crippen LogP contribution in [-0.4, -0.2) is 39.7 Å². The van der Waals surface area contributed by atoms with Crippen LogP contribution in [0.5, 0.6) is 0 Å². The molecule has 1 N–H and O–H groups in total. The molecule has 1 fully saturated rings. The maximum atomic E-state index is 12.0. The van der Waals surface area contributed by atoms with Crippen LogP contribution in [0.4, 0.5) is 0 Å². The summed E-state index contributed by atoms with van der Waals surface area (Å²) >= 11 is 0. The highest BCUT2D eigenvalue weighted by Crippen LogP contribution is 2.10. The first kappa shape index (κ1) is 12.1. The fourth-order valence-corrected chi connectivity index (χ4v) is 2.13. The van der Waals surface area contributed by atoms with Crippen LogP contribution in [0.3, 0.4) is 0 Å². The van der Waals surface area contributed by atoms with Gasteiger partial charge in [-0.2, -0.15) is 5.10 Å². The summed E-state index contributed by atoms with van der Waals surface area (Å²) in [6.45, 7) is 6.30. The third-order valence-corrected chi connectivity index (χ3v) is 3.26. The zero-order valence-corrected chi connectivity index (χ0v) is 10.7. The average Bonchev–Trinajstić information content (AvgIpc) is 2.66. The second-order valence-electron chi connectivity index (χ2n) is 4.54. The summed E-state index contributed by atoms with van der Waals surface area (Å²) < 4.78 is 1.87. The molecule has 1 amide bonds. The third-order valence-electron chi connectivity index (χ3n) is 3.26. The van der Waals surface area contributed by atoms with Gasteiger partial charge >= 0.3 is 0 Å². The summed E-state index contributed by atoms with van der Waals surface area (Å²) in [7, 11) is 1.94. The summed E-state index contributed by atoms with van der Waals surface area (Å²) in [6.07, 6.45) is 0.930. The first-order valence-corrected chi connectivity index (χ1v) is 6.15. The number of rotatable bonds is 3. The number of amides is 1. The molecule has 1 aromatic heterocycles. The van der Waals surface area contributed by atoms with Gasteiger partial charge < -0.3 is 10.2 Å². The number of nitrogens with one attached hydrogen (secondary N) is 1. The van der Waals surface area contributed by atoms with Gasteiger partial charge in [0.2, 0.25) is 5.91 Å². The van der Waals surface area contributed by atoms with Gasteiger partial charge in [-0.3, -0.25) is 9.48 Å². The van der Waals surface area contributed by atoms with Crippen LogP contribution in [0.2, 0.25) is 0 Å². The molecular formula is C12H20N4O. The molecule has 0 saturated carbocycles. The summed E-state index contributed by atoms with van der Waals surface area (Å²) in [5.41, 5.74) is 2.18. The van der Waals surface area contributed by atoms with Gasteiger partial charge in [-0.15, -0.1) is 0 Å². The molecule has 1 aliphatic heterocycles. The highest BCUT2D eigenvalue weighted by molar-refractivity contribution is 5.82. The first-order valence-electron chi connectivity index (χ1n) is 6.15. The lowest BCUT2D eigenvalue weighted by molar-refractivity contribution is -0.135. The number of nitrogens with zero attached hydrogens (tertiary/aromatic N) is 3. The Morgan fingerprint density at radius 3 is 3.00 bits per heavy atom. The summed E-state index contributed by atoms with van der Waals surface area (Å²) in [6, 6.07) is 2.02. The molecule has 2 rings (SSSR count). The van der Waals surface area contributed by atoms with E-state index in [9.17, 15) is 4.79 Å². The highest BCUT2D eigenvalue weighted by atomic mass is 16.2. The van der Waals surface area contributed by atoms with Crippen molar-refractivity contribution in [2.45, 2.75) is 32.9 Å². The summed E-state index contributed by atoms with van der Waals surface area (Å²) in [5, 5.41) is 7.57. The minimum Gasteiger partial charge on any atom is -0.334 e. The monoisotopic (exact) mass is 236 g/mol. The number of hydrogen-bond acceptors (Lipinski definition) is 3. The fourth-order valence-electron chi connectivity index (χ4n) is 2.13. The lowest BCUT2D eigenvalue weighted by atomic mass is 10.2. The molecule has 17 heavy (non-hydrogen) atoms. The van der Waals surface area contributed by atoms with E-state index in [-0.39, 0.29) is 11.9 Å². The molecule has 5 heteroatoms. The van der Waals surface area contributed by atoms with Gasteiger partial charge in [0.25, 0.3) is 0 Å². The molecule has 0 spiro atoms. The van der Waals surface area contributed by atoms with E-state index in [1.807, 2.05) is 23.6 Å². The van der Waals surface area contributed by atoms with Gasteiger partial charge in [-0.25, -0.2) is 0 Å². The predicted molar refractivity (Wildman–Crippen MR) is 65.5 cm³/mol. The van der Waals surface area contributed by atoms with Crippen molar-refractivity contribution in [2.75, 3.05) is 13.1 Å². The molecule has 0 radical (unpaired) electrons. The Morgan fingerprint density at radius 1 is 1.59 bits per heavy atom. The SMILES string of the molecule is CCc1cc(CN2CCNC(C)C2=O)n(C)n1. The highest BCUT2D eigenvalue weighted by Gasteiger charge is 2.25. The van der Waals surface area contributed by atoms with Gasteiger partial charge in [-0.05, 0) is 19.4 Å². The van der Waals surface area contributed by atoms with Crippen LogP contribution in [0.25, 0.3) is 0 Å². The maximum Gasteiger partial charge on any atom is 0.239 e. The van der Waals surface area contributed by atoms with E-state index in [2.05, 4.69) is 23.4 Å². The summed E-state index contributed by atoms with van der Waals surface area (Å²) in [4.78, 5) is 13.9. The van der Waals surface area contributed by atoms with Crippen LogP contribution in [-0.2, 0) is 24.8 Å². The van der Waals surface area contributed by atoms with Gasteiger partial charge in [0.15, 0.2) is 0 Å². The lowest BCUT2D eigenvalue weighted by Gasteiger charge is -2.31. The smallest absolute Gasteiger partial charge is 0.239 e. The van der Waals surface area contributed by atoms with Crippen LogP contribution in [0.1, 0.15) is 25.2 Å². The Morgan fingerprint density at radius 2 is 2.35 bits per heavy atom.